The van der Waals surface area contributed by atoms with Crippen molar-refractivity contribution in [2.75, 3.05) is 18.2 Å². The van der Waals surface area contributed by atoms with Crippen molar-refractivity contribution < 1.29 is 9.53 Å². The lowest BCUT2D eigenvalue weighted by atomic mass is 10.0. The van der Waals surface area contributed by atoms with Crippen LogP contribution in [0.15, 0.2) is 53.7 Å². The van der Waals surface area contributed by atoms with E-state index in [0.717, 1.165) is 22.8 Å². The van der Waals surface area contributed by atoms with Gasteiger partial charge in [-0.25, -0.2) is 0 Å². The lowest BCUT2D eigenvalue weighted by molar-refractivity contribution is -0.113. The number of benzene rings is 2. The van der Waals surface area contributed by atoms with Crippen molar-refractivity contribution in [2.24, 2.45) is 7.05 Å². The molecule has 28 heavy (non-hydrogen) atoms. The molecule has 1 amide bonds. The van der Waals surface area contributed by atoms with Crippen LogP contribution in [0.2, 0.25) is 0 Å². The van der Waals surface area contributed by atoms with E-state index < -0.39 is 0 Å². The minimum absolute atomic E-state index is 0.0729. The highest BCUT2D eigenvalue weighted by Gasteiger charge is 2.13. The summed E-state index contributed by atoms with van der Waals surface area (Å²) in [7, 11) is 3.53. The Morgan fingerprint density at radius 2 is 1.79 bits per heavy atom. The Balaban J connectivity index is 1.59. The number of methoxy groups -OCH3 is 1. The maximum Gasteiger partial charge on any atom is 0.234 e. The van der Waals surface area contributed by atoms with E-state index in [4.69, 9.17) is 4.74 Å². The van der Waals surface area contributed by atoms with Gasteiger partial charge in [-0.2, -0.15) is 0 Å². The molecule has 0 aliphatic rings. The van der Waals surface area contributed by atoms with Crippen molar-refractivity contribution >= 4 is 23.4 Å². The monoisotopic (exact) mass is 396 g/mol. The normalized spacial score (nSPS) is 10.9. The number of amides is 1. The summed E-state index contributed by atoms with van der Waals surface area (Å²) in [5.74, 6) is 2.20. The number of aromatic nitrogens is 3. The quantitative estimate of drug-likeness (QED) is 0.602. The fourth-order valence-corrected chi connectivity index (χ4v) is 3.42. The van der Waals surface area contributed by atoms with Gasteiger partial charge in [0.25, 0.3) is 0 Å². The molecule has 0 saturated carbocycles. The molecule has 0 radical (unpaired) electrons. The molecule has 0 saturated heterocycles. The molecule has 0 bridgehead atoms. The van der Waals surface area contributed by atoms with E-state index in [1.165, 1.54) is 17.3 Å². The average Bonchev–Trinajstić information content (AvgIpc) is 3.07. The second-order valence-corrected chi connectivity index (χ2v) is 7.65. The minimum atomic E-state index is -0.0729. The van der Waals surface area contributed by atoms with Gasteiger partial charge in [0.05, 0.1) is 12.9 Å². The maximum absolute atomic E-state index is 12.3. The second kappa shape index (κ2) is 8.93. The average molecular weight is 397 g/mol. The number of hydrogen-bond donors (Lipinski definition) is 1. The zero-order chi connectivity index (χ0) is 20.1. The molecule has 0 fully saturated rings. The summed E-state index contributed by atoms with van der Waals surface area (Å²) >= 11 is 1.36. The zero-order valence-electron chi connectivity index (χ0n) is 16.5. The van der Waals surface area contributed by atoms with Crippen LogP contribution in [-0.4, -0.2) is 33.5 Å². The lowest BCUT2D eigenvalue weighted by Gasteiger charge is -2.08. The number of nitrogens with one attached hydrogen (secondary N) is 1. The number of rotatable bonds is 7. The molecule has 6 nitrogen and oxygen atoms in total. The van der Waals surface area contributed by atoms with Gasteiger partial charge in [0, 0.05) is 18.3 Å². The second-order valence-electron chi connectivity index (χ2n) is 6.71. The molecule has 1 heterocycles. The molecule has 2 aromatic carbocycles. The van der Waals surface area contributed by atoms with Crippen LogP contribution in [0.5, 0.6) is 5.75 Å². The zero-order valence-corrected chi connectivity index (χ0v) is 17.3. The van der Waals surface area contributed by atoms with Crippen LogP contribution in [0.4, 0.5) is 5.69 Å². The van der Waals surface area contributed by atoms with E-state index in [-0.39, 0.29) is 11.7 Å². The highest BCUT2D eigenvalue weighted by molar-refractivity contribution is 7.99. The molecule has 3 aromatic rings. The van der Waals surface area contributed by atoms with E-state index in [1.54, 1.807) is 7.11 Å². The first kappa shape index (κ1) is 19.9. The molecular formula is C21H24N4O2S. The summed E-state index contributed by atoms with van der Waals surface area (Å²) in [5.41, 5.74) is 2.99. The van der Waals surface area contributed by atoms with Crippen LogP contribution in [-0.2, 0) is 11.8 Å². The fourth-order valence-electron chi connectivity index (χ4n) is 2.71. The van der Waals surface area contributed by atoms with Crippen LogP contribution in [0.1, 0.15) is 25.3 Å². The van der Waals surface area contributed by atoms with E-state index in [2.05, 4.69) is 29.4 Å². The van der Waals surface area contributed by atoms with E-state index >= 15 is 0 Å². The van der Waals surface area contributed by atoms with Gasteiger partial charge in [0.2, 0.25) is 5.91 Å². The first-order valence-electron chi connectivity index (χ1n) is 9.04. The molecule has 3 rings (SSSR count). The topological polar surface area (TPSA) is 69.0 Å². The standard InChI is InChI=1S/C21H24N4O2S/c1-14(2)15-5-9-17(10-6-15)22-19(26)13-28-21-24-23-20(25(21)3)16-7-11-18(27-4)12-8-16/h5-12,14H,13H2,1-4H3,(H,22,26). The smallest absolute Gasteiger partial charge is 0.234 e. The number of thioether (sulfide) groups is 1. The molecular weight excluding hydrogens is 372 g/mol. The molecule has 0 aliphatic heterocycles. The van der Waals surface area contributed by atoms with Crippen molar-refractivity contribution in [1.29, 1.82) is 0 Å². The Hall–Kier alpha value is -2.80. The molecule has 0 unspecified atom stereocenters. The van der Waals surface area contributed by atoms with Gasteiger partial charge in [-0.3, -0.25) is 4.79 Å². The number of nitrogens with zero attached hydrogens (tertiary/aromatic N) is 3. The van der Waals surface area contributed by atoms with Gasteiger partial charge in [-0.05, 0) is 47.9 Å². The number of carbonyl (C=O) groups is 1. The van der Waals surface area contributed by atoms with Gasteiger partial charge in [-0.15, -0.1) is 10.2 Å². The van der Waals surface area contributed by atoms with E-state index in [1.807, 2.05) is 60.1 Å². The van der Waals surface area contributed by atoms with Gasteiger partial charge in [0.1, 0.15) is 5.75 Å². The van der Waals surface area contributed by atoms with Crippen LogP contribution >= 0.6 is 11.8 Å². The summed E-state index contributed by atoms with van der Waals surface area (Å²) in [6.07, 6.45) is 0. The molecule has 0 spiro atoms. The molecule has 1 N–H and O–H groups in total. The molecule has 0 aliphatic carbocycles. The number of carbonyl (C=O) groups excluding carboxylic acids is 1. The third kappa shape index (κ3) is 4.72. The largest absolute Gasteiger partial charge is 0.497 e. The van der Waals surface area contributed by atoms with Crippen molar-refractivity contribution in [1.82, 2.24) is 14.8 Å². The lowest BCUT2D eigenvalue weighted by Crippen LogP contribution is -2.14. The van der Waals surface area contributed by atoms with Gasteiger partial charge < -0.3 is 14.6 Å². The SMILES string of the molecule is COc1ccc(-c2nnc(SCC(=O)Nc3ccc(C(C)C)cc3)n2C)cc1. The number of hydrogen-bond acceptors (Lipinski definition) is 5. The van der Waals surface area contributed by atoms with Gasteiger partial charge in [-0.1, -0.05) is 37.7 Å². The van der Waals surface area contributed by atoms with E-state index in [9.17, 15) is 4.79 Å². The highest BCUT2D eigenvalue weighted by atomic mass is 32.2. The van der Waals surface area contributed by atoms with Gasteiger partial charge in [0.15, 0.2) is 11.0 Å². The summed E-state index contributed by atoms with van der Waals surface area (Å²) in [6.45, 7) is 4.29. The van der Waals surface area contributed by atoms with Crippen molar-refractivity contribution in [3.8, 4) is 17.1 Å². The Kier molecular flexibility index (Phi) is 6.36. The molecule has 0 atom stereocenters. The van der Waals surface area contributed by atoms with Crippen LogP contribution in [0.3, 0.4) is 0 Å². The number of ether oxygens (including phenoxy) is 1. The maximum atomic E-state index is 12.3. The predicted molar refractivity (Wildman–Crippen MR) is 113 cm³/mol. The van der Waals surface area contributed by atoms with Crippen molar-refractivity contribution in [3.05, 3.63) is 54.1 Å². The highest BCUT2D eigenvalue weighted by Crippen LogP contribution is 2.24. The Bertz CT molecular complexity index is 934. The summed E-state index contributed by atoms with van der Waals surface area (Å²) < 4.78 is 7.07. The van der Waals surface area contributed by atoms with Crippen molar-refractivity contribution in [2.45, 2.75) is 24.9 Å². The Morgan fingerprint density at radius 3 is 2.39 bits per heavy atom. The first-order chi connectivity index (χ1) is 13.5. The van der Waals surface area contributed by atoms with Crippen LogP contribution in [0, 0.1) is 0 Å². The van der Waals surface area contributed by atoms with Gasteiger partial charge >= 0.3 is 0 Å². The molecule has 7 heteroatoms. The Labute approximate surface area is 169 Å². The van der Waals surface area contributed by atoms with E-state index in [0.29, 0.717) is 11.1 Å². The summed E-state index contributed by atoms with van der Waals surface area (Å²) in [6, 6.07) is 15.6. The summed E-state index contributed by atoms with van der Waals surface area (Å²) in [5, 5.41) is 12.1. The van der Waals surface area contributed by atoms with Crippen LogP contribution in [0.25, 0.3) is 11.4 Å². The Morgan fingerprint density at radius 1 is 1.11 bits per heavy atom. The third-order valence-electron chi connectivity index (χ3n) is 4.38. The van der Waals surface area contributed by atoms with Crippen molar-refractivity contribution in [3.63, 3.8) is 0 Å². The minimum Gasteiger partial charge on any atom is -0.497 e. The fraction of sp³-hybridized carbons (Fsp3) is 0.286. The first-order valence-corrected chi connectivity index (χ1v) is 10.0. The van der Waals surface area contributed by atoms with Crippen LogP contribution < -0.4 is 10.1 Å². The summed E-state index contributed by atoms with van der Waals surface area (Å²) in [4.78, 5) is 12.3. The predicted octanol–water partition coefficient (Wildman–Crippen LogP) is 4.34. The molecule has 1 aromatic heterocycles. The third-order valence-corrected chi connectivity index (χ3v) is 5.40. The molecule has 146 valence electrons. The number of anilines is 1.